The molecular formula is C20H20F3NO3. The van der Waals surface area contributed by atoms with Crippen LogP contribution in [0.15, 0.2) is 36.4 Å². The van der Waals surface area contributed by atoms with Gasteiger partial charge in [0.15, 0.2) is 11.6 Å². The molecule has 3 rings (SSSR count). The molecule has 1 saturated heterocycles. The molecule has 4 nitrogen and oxygen atoms in total. The number of rotatable bonds is 5. The van der Waals surface area contributed by atoms with Gasteiger partial charge in [-0.2, -0.15) is 0 Å². The molecule has 1 amide bonds. The topological polar surface area (TPSA) is 49.8 Å². The van der Waals surface area contributed by atoms with Crippen LogP contribution in [0.3, 0.4) is 0 Å². The van der Waals surface area contributed by atoms with Gasteiger partial charge in [-0.15, -0.1) is 0 Å². The van der Waals surface area contributed by atoms with Crippen LogP contribution >= 0.6 is 0 Å². The van der Waals surface area contributed by atoms with Crippen LogP contribution in [0, 0.1) is 23.4 Å². The Kier molecular flexibility index (Phi) is 5.70. The van der Waals surface area contributed by atoms with Crippen LogP contribution in [0.25, 0.3) is 0 Å². The molecule has 0 aromatic heterocycles. The summed E-state index contributed by atoms with van der Waals surface area (Å²) in [5.74, 6) is -4.06. The van der Waals surface area contributed by atoms with Gasteiger partial charge >= 0.3 is 0 Å². The molecule has 1 aliphatic heterocycles. The van der Waals surface area contributed by atoms with Gasteiger partial charge in [-0.3, -0.25) is 4.79 Å². The molecule has 7 heteroatoms. The van der Waals surface area contributed by atoms with Crippen LogP contribution in [0.5, 0.6) is 5.75 Å². The van der Waals surface area contributed by atoms with Crippen LogP contribution in [0.1, 0.15) is 23.5 Å². The van der Waals surface area contributed by atoms with E-state index in [2.05, 4.69) is 0 Å². The van der Waals surface area contributed by atoms with Crippen molar-refractivity contribution in [3.63, 3.8) is 0 Å². The maximum Gasteiger partial charge on any atom is 0.223 e. The van der Waals surface area contributed by atoms with E-state index in [1.807, 2.05) is 12.1 Å². The number of likely N-dealkylation sites (tertiary alicyclic amines) is 1. The average molecular weight is 379 g/mol. The van der Waals surface area contributed by atoms with Gasteiger partial charge in [0.2, 0.25) is 5.91 Å². The van der Waals surface area contributed by atoms with Gasteiger partial charge in [0.05, 0.1) is 7.11 Å². The predicted octanol–water partition coefficient (Wildman–Crippen LogP) is 3.24. The standard InChI is InChI=1S/C20H20F3NO3/c1-27-14-4-2-12(3-5-14)9-24-10-13(11-25)15(7-20(24)26)16-6-18(22)19(23)8-17(16)21/h2-6,8,13,15,25H,7,9-11H2,1H3/t13-,15+/m0/s1. The molecule has 0 bridgehead atoms. The SMILES string of the molecule is COc1ccc(CN2C[C@@H](CO)[C@H](c3cc(F)c(F)cc3F)CC2=O)cc1. The Morgan fingerprint density at radius 1 is 1.11 bits per heavy atom. The molecule has 0 spiro atoms. The molecule has 1 fully saturated rings. The van der Waals surface area contributed by atoms with E-state index in [-0.39, 0.29) is 31.0 Å². The number of halogens is 3. The fourth-order valence-corrected chi connectivity index (χ4v) is 3.47. The highest BCUT2D eigenvalue weighted by Gasteiger charge is 2.36. The van der Waals surface area contributed by atoms with Crippen molar-refractivity contribution in [1.82, 2.24) is 4.90 Å². The lowest BCUT2D eigenvalue weighted by Gasteiger charge is -2.38. The van der Waals surface area contributed by atoms with E-state index in [4.69, 9.17) is 4.74 Å². The monoisotopic (exact) mass is 379 g/mol. The molecule has 1 N–H and O–H groups in total. The lowest BCUT2D eigenvalue weighted by atomic mass is 9.80. The third-order valence-electron chi connectivity index (χ3n) is 4.98. The summed E-state index contributed by atoms with van der Waals surface area (Å²) in [4.78, 5) is 14.1. The zero-order valence-electron chi connectivity index (χ0n) is 14.8. The van der Waals surface area contributed by atoms with E-state index in [1.54, 1.807) is 24.1 Å². The summed E-state index contributed by atoms with van der Waals surface area (Å²) in [6, 6.07) is 8.50. The fourth-order valence-electron chi connectivity index (χ4n) is 3.47. The van der Waals surface area contributed by atoms with Crippen molar-refractivity contribution in [2.45, 2.75) is 18.9 Å². The summed E-state index contributed by atoms with van der Waals surface area (Å²) in [6.45, 7) is 0.242. The number of carbonyl (C=O) groups excluding carboxylic acids is 1. The van der Waals surface area contributed by atoms with E-state index >= 15 is 0 Å². The third-order valence-corrected chi connectivity index (χ3v) is 4.98. The third kappa shape index (κ3) is 4.08. The summed E-state index contributed by atoms with van der Waals surface area (Å²) in [5, 5.41) is 9.73. The number of methoxy groups -OCH3 is 1. The molecule has 0 radical (unpaired) electrons. The second-order valence-electron chi connectivity index (χ2n) is 6.66. The van der Waals surface area contributed by atoms with Gasteiger partial charge in [0, 0.05) is 44.0 Å². The van der Waals surface area contributed by atoms with E-state index in [9.17, 15) is 23.1 Å². The molecular weight excluding hydrogens is 359 g/mol. The van der Waals surface area contributed by atoms with E-state index in [0.29, 0.717) is 18.4 Å². The zero-order valence-corrected chi connectivity index (χ0v) is 14.8. The van der Waals surface area contributed by atoms with Gasteiger partial charge in [0.1, 0.15) is 11.6 Å². The number of nitrogens with zero attached hydrogens (tertiary/aromatic N) is 1. The Labute approximate surface area is 155 Å². The minimum absolute atomic E-state index is 0.0783. The second-order valence-corrected chi connectivity index (χ2v) is 6.66. The van der Waals surface area contributed by atoms with Gasteiger partial charge < -0.3 is 14.7 Å². The Morgan fingerprint density at radius 3 is 2.41 bits per heavy atom. The lowest BCUT2D eigenvalue weighted by Crippen LogP contribution is -2.44. The van der Waals surface area contributed by atoms with Crippen LogP contribution < -0.4 is 4.74 Å². The minimum atomic E-state index is -1.28. The minimum Gasteiger partial charge on any atom is -0.497 e. The number of ether oxygens (including phenoxy) is 1. The Morgan fingerprint density at radius 2 is 1.78 bits per heavy atom. The molecule has 27 heavy (non-hydrogen) atoms. The molecule has 0 saturated carbocycles. The van der Waals surface area contributed by atoms with Crippen molar-refractivity contribution < 1.29 is 27.8 Å². The first kappa shape index (κ1) is 19.2. The van der Waals surface area contributed by atoms with Gasteiger partial charge in [-0.1, -0.05) is 12.1 Å². The quantitative estimate of drug-likeness (QED) is 0.812. The number of piperidine rings is 1. The van der Waals surface area contributed by atoms with E-state index < -0.39 is 29.3 Å². The molecule has 2 aromatic rings. The molecule has 1 heterocycles. The highest BCUT2D eigenvalue weighted by atomic mass is 19.2. The van der Waals surface area contributed by atoms with Crippen molar-refractivity contribution >= 4 is 5.91 Å². The Hall–Kier alpha value is -2.54. The first-order valence-corrected chi connectivity index (χ1v) is 8.59. The number of carbonyl (C=O) groups is 1. The first-order valence-electron chi connectivity index (χ1n) is 8.59. The van der Waals surface area contributed by atoms with Gasteiger partial charge in [-0.25, -0.2) is 13.2 Å². The number of aliphatic hydroxyl groups excluding tert-OH is 1. The molecule has 144 valence electrons. The molecule has 0 unspecified atom stereocenters. The Bertz CT molecular complexity index is 826. The molecule has 2 aromatic carbocycles. The largest absolute Gasteiger partial charge is 0.497 e. The number of aliphatic hydroxyl groups is 1. The van der Waals surface area contributed by atoms with Crippen molar-refractivity contribution in [1.29, 1.82) is 0 Å². The van der Waals surface area contributed by atoms with Crippen LogP contribution in [-0.2, 0) is 11.3 Å². The predicted molar refractivity (Wildman–Crippen MR) is 92.7 cm³/mol. The van der Waals surface area contributed by atoms with Crippen molar-refractivity contribution in [3.05, 3.63) is 65.0 Å². The first-order chi connectivity index (χ1) is 12.9. The molecule has 1 aliphatic rings. The smallest absolute Gasteiger partial charge is 0.223 e. The summed E-state index contributed by atoms with van der Waals surface area (Å²) >= 11 is 0. The van der Waals surface area contributed by atoms with Crippen molar-refractivity contribution in [2.24, 2.45) is 5.92 Å². The lowest BCUT2D eigenvalue weighted by molar-refractivity contribution is -0.137. The zero-order chi connectivity index (χ0) is 19.6. The van der Waals surface area contributed by atoms with Crippen LogP contribution in [0.2, 0.25) is 0 Å². The van der Waals surface area contributed by atoms with Crippen LogP contribution in [-0.4, -0.2) is 36.2 Å². The fraction of sp³-hybridized carbons (Fsp3) is 0.350. The highest BCUT2D eigenvalue weighted by Crippen LogP contribution is 2.36. The van der Waals surface area contributed by atoms with Crippen molar-refractivity contribution in [2.75, 3.05) is 20.3 Å². The summed E-state index contributed by atoms with van der Waals surface area (Å²) in [7, 11) is 1.56. The summed E-state index contributed by atoms with van der Waals surface area (Å²) in [5.41, 5.74) is 0.809. The summed E-state index contributed by atoms with van der Waals surface area (Å²) in [6.07, 6.45) is -0.0800. The molecule has 0 aliphatic carbocycles. The van der Waals surface area contributed by atoms with Crippen molar-refractivity contribution in [3.8, 4) is 5.75 Å². The number of benzene rings is 2. The van der Waals surface area contributed by atoms with Gasteiger partial charge in [-0.05, 0) is 29.3 Å². The van der Waals surface area contributed by atoms with E-state index in [1.165, 1.54) is 0 Å². The van der Waals surface area contributed by atoms with E-state index in [0.717, 1.165) is 11.6 Å². The number of hydrogen-bond donors (Lipinski definition) is 1. The maximum absolute atomic E-state index is 14.1. The maximum atomic E-state index is 14.1. The number of hydrogen-bond acceptors (Lipinski definition) is 3. The molecule has 2 atom stereocenters. The van der Waals surface area contributed by atoms with Crippen LogP contribution in [0.4, 0.5) is 13.2 Å². The summed E-state index contributed by atoms with van der Waals surface area (Å²) < 4.78 is 46.0. The average Bonchev–Trinajstić information content (AvgIpc) is 2.66. The number of amides is 1. The Balaban J connectivity index is 1.79. The highest BCUT2D eigenvalue weighted by molar-refractivity contribution is 5.78. The van der Waals surface area contributed by atoms with Gasteiger partial charge in [0.25, 0.3) is 0 Å². The normalized spacial score (nSPS) is 20.0. The second kappa shape index (κ2) is 8.00.